The molecule has 1 saturated carbocycles. The van der Waals surface area contributed by atoms with Crippen LogP contribution in [-0.2, 0) is 9.53 Å². The topological polar surface area (TPSA) is 49.8 Å². The lowest BCUT2D eigenvalue weighted by molar-refractivity contribution is -0.142. The van der Waals surface area contributed by atoms with Crippen LogP contribution < -0.4 is 0 Å². The van der Waals surface area contributed by atoms with Crippen LogP contribution >= 0.6 is 0 Å². The van der Waals surface area contributed by atoms with Crippen LogP contribution in [0, 0.1) is 0 Å². The third-order valence-electron chi connectivity index (χ3n) is 2.87. The fourth-order valence-electron chi connectivity index (χ4n) is 1.99. The first-order valence-electron chi connectivity index (χ1n) is 5.10. The molecule has 1 fully saturated rings. The van der Waals surface area contributed by atoms with Gasteiger partial charge in [-0.25, -0.2) is 0 Å². The number of esters is 1. The van der Waals surface area contributed by atoms with Gasteiger partial charge in [0.1, 0.15) is 0 Å². The van der Waals surface area contributed by atoms with Crippen LogP contribution in [0.5, 0.6) is 0 Å². The fourth-order valence-corrected chi connectivity index (χ4v) is 1.99. The van der Waals surface area contributed by atoms with Crippen molar-refractivity contribution in [2.45, 2.75) is 37.8 Å². The van der Waals surface area contributed by atoms with Gasteiger partial charge in [-0.2, -0.15) is 0 Å². The van der Waals surface area contributed by atoms with E-state index in [0.717, 1.165) is 25.7 Å². The van der Waals surface area contributed by atoms with Crippen LogP contribution in [0.15, 0.2) is 0 Å². The van der Waals surface area contributed by atoms with Gasteiger partial charge >= 0.3 is 5.97 Å². The molecular formula is C10H19NO3. The van der Waals surface area contributed by atoms with Crippen LogP contribution in [0.1, 0.15) is 25.7 Å². The quantitative estimate of drug-likeness (QED) is 0.671. The molecular weight excluding hydrogens is 182 g/mol. The summed E-state index contributed by atoms with van der Waals surface area (Å²) in [6.07, 6.45) is 3.74. The molecule has 0 saturated heterocycles. The minimum absolute atomic E-state index is 0.114. The summed E-state index contributed by atoms with van der Waals surface area (Å²) in [5, 5.41) is 9.73. The number of nitrogens with zero attached hydrogens (tertiary/aromatic N) is 1. The molecule has 2 atom stereocenters. The SMILES string of the molecule is COC(=O)CN(C)C1CCCCC1O. The van der Waals surface area contributed by atoms with Crippen LogP contribution in [0.2, 0.25) is 0 Å². The van der Waals surface area contributed by atoms with Gasteiger partial charge in [-0.05, 0) is 19.9 Å². The molecule has 0 spiro atoms. The summed E-state index contributed by atoms with van der Waals surface area (Å²) in [4.78, 5) is 12.9. The van der Waals surface area contributed by atoms with E-state index >= 15 is 0 Å². The number of aliphatic hydroxyl groups excluding tert-OH is 1. The average molecular weight is 201 g/mol. The van der Waals surface area contributed by atoms with Crippen molar-refractivity contribution in [3.63, 3.8) is 0 Å². The first kappa shape index (κ1) is 11.5. The highest BCUT2D eigenvalue weighted by molar-refractivity contribution is 5.71. The zero-order valence-electron chi connectivity index (χ0n) is 8.90. The summed E-state index contributed by atoms with van der Waals surface area (Å²) in [6, 6.07) is 0.114. The standard InChI is InChI=1S/C10H19NO3/c1-11(7-10(13)14-2)8-5-3-4-6-9(8)12/h8-9,12H,3-7H2,1-2H3. The smallest absolute Gasteiger partial charge is 0.319 e. The summed E-state index contributed by atoms with van der Waals surface area (Å²) in [5.41, 5.74) is 0. The van der Waals surface area contributed by atoms with E-state index in [-0.39, 0.29) is 24.7 Å². The Morgan fingerprint density at radius 3 is 2.71 bits per heavy atom. The molecule has 0 aromatic carbocycles. The van der Waals surface area contributed by atoms with E-state index in [1.807, 2.05) is 11.9 Å². The predicted octanol–water partition coefficient (Wildman–Crippen LogP) is 0.395. The first-order valence-corrected chi connectivity index (χ1v) is 5.10. The molecule has 0 bridgehead atoms. The van der Waals surface area contributed by atoms with Crippen LogP contribution in [0.25, 0.3) is 0 Å². The van der Waals surface area contributed by atoms with Gasteiger partial charge in [-0.3, -0.25) is 9.69 Å². The Bertz CT molecular complexity index is 196. The number of hydrogen-bond donors (Lipinski definition) is 1. The first-order chi connectivity index (χ1) is 6.65. The maximum Gasteiger partial charge on any atom is 0.319 e. The molecule has 2 unspecified atom stereocenters. The second-order valence-corrected chi connectivity index (χ2v) is 3.91. The Balaban J connectivity index is 2.41. The molecule has 1 rings (SSSR count). The Hall–Kier alpha value is -0.610. The normalized spacial score (nSPS) is 27.7. The van der Waals surface area contributed by atoms with E-state index in [1.165, 1.54) is 7.11 Å². The highest BCUT2D eigenvalue weighted by Gasteiger charge is 2.27. The zero-order chi connectivity index (χ0) is 10.6. The van der Waals surface area contributed by atoms with Crippen molar-refractivity contribution in [1.82, 2.24) is 4.90 Å². The Morgan fingerprint density at radius 2 is 2.14 bits per heavy atom. The molecule has 4 nitrogen and oxygen atoms in total. The molecule has 14 heavy (non-hydrogen) atoms. The van der Waals surface area contributed by atoms with Crippen LogP contribution in [0.4, 0.5) is 0 Å². The summed E-state index contributed by atoms with van der Waals surface area (Å²) < 4.78 is 4.58. The summed E-state index contributed by atoms with van der Waals surface area (Å²) in [6.45, 7) is 0.262. The van der Waals surface area contributed by atoms with E-state index in [1.54, 1.807) is 0 Å². The van der Waals surface area contributed by atoms with E-state index < -0.39 is 0 Å². The Kier molecular flexibility index (Phi) is 4.35. The third-order valence-corrected chi connectivity index (χ3v) is 2.87. The van der Waals surface area contributed by atoms with Crippen LogP contribution in [0.3, 0.4) is 0 Å². The maximum atomic E-state index is 11.0. The molecule has 0 amide bonds. The zero-order valence-corrected chi connectivity index (χ0v) is 8.90. The van der Waals surface area contributed by atoms with Gasteiger partial charge in [-0.1, -0.05) is 12.8 Å². The lowest BCUT2D eigenvalue weighted by Gasteiger charge is -2.34. The van der Waals surface area contributed by atoms with Gasteiger partial charge in [-0.15, -0.1) is 0 Å². The van der Waals surface area contributed by atoms with E-state index in [4.69, 9.17) is 0 Å². The highest BCUT2D eigenvalue weighted by atomic mass is 16.5. The van der Waals surface area contributed by atoms with Crippen molar-refractivity contribution in [3.05, 3.63) is 0 Å². The van der Waals surface area contributed by atoms with Gasteiger partial charge in [0.05, 0.1) is 19.8 Å². The van der Waals surface area contributed by atoms with Gasteiger partial charge in [0.2, 0.25) is 0 Å². The molecule has 0 aromatic heterocycles. The number of aliphatic hydroxyl groups is 1. The largest absolute Gasteiger partial charge is 0.468 e. The number of ether oxygens (including phenoxy) is 1. The summed E-state index contributed by atoms with van der Waals surface area (Å²) in [7, 11) is 3.24. The number of likely N-dealkylation sites (N-methyl/N-ethyl adjacent to an activating group) is 1. The van der Waals surface area contributed by atoms with E-state index in [2.05, 4.69) is 4.74 Å². The van der Waals surface area contributed by atoms with Crippen molar-refractivity contribution in [1.29, 1.82) is 0 Å². The lowest BCUT2D eigenvalue weighted by atomic mass is 9.92. The second kappa shape index (κ2) is 5.32. The Labute approximate surface area is 84.8 Å². The molecule has 0 radical (unpaired) electrons. The van der Waals surface area contributed by atoms with Gasteiger partial charge < -0.3 is 9.84 Å². The van der Waals surface area contributed by atoms with Crippen molar-refractivity contribution in [2.75, 3.05) is 20.7 Å². The number of methoxy groups -OCH3 is 1. The third kappa shape index (κ3) is 2.96. The van der Waals surface area contributed by atoms with Crippen molar-refractivity contribution < 1.29 is 14.6 Å². The predicted molar refractivity (Wildman–Crippen MR) is 52.9 cm³/mol. The van der Waals surface area contributed by atoms with Crippen molar-refractivity contribution >= 4 is 5.97 Å². The second-order valence-electron chi connectivity index (χ2n) is 3.91. The number of hydrogen-bond acceptors (Lipinski definition) is 4. The monoisotopic (exact) mass is 201 g/mol. The van der Waals surface area contributed by atoms with Crippen molar-refractivity contribution in [3.8, 4) is 0 Å². The number of rotatable bonds is 3. The van der Waals surface area contributed by atoms with Crippen molar-refractivity contribution in [2.24, 2.45) is 0 Å². The van der Waals surface area contributed by atoms with Gasteiger partial charge in [0, 0.05) is 6.04 Å². The van der Waals surface area contributed by atoms with E-state index in [9.17, 15) is 9.90 Å². The molecule has 4 heteroatoms. The lowest BCUT2D eigenvalue weighted by Crippen LogP contribution is -2.45. The number of carbonyl (C=O) groups is 1. The van der Waals surface area contributed by atoms with Gasteiger partial charge in [0.25, 0.3) is 0 Å². The van der Waals surface area contributed by atoms with E-state index in [0.29, 0.717) is 0 Å². The molecule has 0 aliphatic heterocycles. The average Bonchev–Trinajstić information content (AvgIpc) is 2.18. The Morgan fingerprint density at radius 1 is 1.50 bits per heavy atom. The summed E-state index contributed by atoms with van der Waals surface area (Å²) in [5.74, 6) is -0.245. The molecule has 82 valence electrons. The van der Waals surface area contributed by atoms with Crippen LogP contribution in [-0.4, -0.2) is 48.8 Å². The molecule has 1 aliphatic rings. The van der Waals surface area contributed by atoms with Gasteiger partial charge in [0.15, 0.2) is 0 Å². The minimum Gasteiger partial charge on any atom is -0.468 e. The molecule has 0 aromatic rings. The fraction of sp³-hybridized carbons (Fsp3) is 0.900. The highest BCUT2D eigenvalue weighted by Crippen LogP contribution is 2.22. The summed E-state index contributed by atoms with van der Waals surface area (Å²) >= 11 is 0. The molecule has 1 N–H and O–H groups in total. The maximum absolute atomic E-state index is 11.0. The molecule has 1 aliphatic carbocycles. The minimum atomic E-state index is -0.293. The number of carbonyl (C=O) groups excluding carboxylic acids is 1. The molecule has 0 heterocycles.